The minimum Gasteiger partial charge on any atom is -0.481 e. The Balaban J connectivity index is 0.000000375. The first-order valence-corrected chi connectivity index (χ1v) is 47.9. The summed E-state index contributed by atoms with van der Waals surface area (Å²) in [5.74, 6) is -3.39. The summed E-state index contributed by atoms with van der Waals surface area (Å²) in [6, 6.07) is 0. The monoisotopic (exact) mass is 1980 g/mol. The largest absolute Gasteiger partial charge is 0.481 e. The number of nitrogens with zero attached hydrogens (tertiary/aromatic N) is 15. The van der Waals surface area contributed by atoms with Crippen molar-refractivity contribution in [2.24, 2.45) is 45.8 Å². The van der Waals surface area contributed by atoms with Crippen molar-refractivity contribution < 1.29 is 141 Å². The van der Waals surface area contributed by atoms with Crippen LogP contribution in [-0.4, -0.2) is 597 Å². The van der Waals surface area contributed by atoms with Crippen LogP contribution in [0, 0.1) is 45.8 Å². The molecule has 17 fully saturated rings. The predicted molar refractivity (Wildman–Crippen MR) is 501 cm³/mol. The van der Waals surface area contributed by atoms with Gasteiger partial charge >= 0.3 is 18.1 Å². The number of hydrogen-bond acceptors (Lipinski definition) is 33. The molecule has 15 aliphatic heterocycles. The van der Waals surface area contributed by atoms with Crippen LogP contribution in [0.2, 0.25) is 0 Å². The molecule has 2 aliphatic carbocycles. The lowest BCUT2D eigenvalue weighted by Crippen LogP contribution is -2.46. The van der Waals surface area contributed by atoms with Crippen molar-refractivity contribution in [2.45, 2.75) is 207 Å². The van der Waals surface area contributed by atoms with Crippen LogP contribution in [0.4, 0.5) is 35.1 Å². The van der Waals surface area contributed by atoms with Crippen LogP contribution in [0.15, 0.2) is 0 Å². The molecule has 0 aromatic heterocycles. The van der Waals surface area contributed by atoms with Gasteiger partial charge in [0.1, 0.15) is 29.7 Å². The van der Waals surface area contributed by atoms with E-state index in [0.717, 1.165) is 117 Å². The van der Waals surface area contributed by atoms with Crippen molar-refractivity contribution in [3.63, 3.8) is 0 Å². The van der Waals surface area contributed by atoms with E-state index in [1.165, 1.54) is 48.0 Å². The molecule has 0 bridgehead atoms. The molecule has 15 heterocycles. The number of aliphatic hydroxyl groups is 15. The number of likely N-dealkylation sites (N-methyl/N-ethyl adjacent to an activating group) is 12. The highest BCUT2D eigenvalue weighted by Crippen LogP contribution is 2.54. The topological polar surface area (TPSA) is 450 Å². The maximum atomic E-state index is 13.0. The average Bonchev–Trinajstić information content (AvgIpc) is 1.57. The van der Waals surface area contributed by atoms with E-state index in [9.17, 15) is 74.7 Å². The second-order valence-corrected chi connectivity index (χ2v) is 43.0. The Labute approximate surface area is 803 Å². The number of carbonyl (C=O) groups is 4. The number of ether oxygens (including phenoxy) is 1. The maximum Gasteiger partial charge on any atom is 0.418 e. The highest BCUT2D eigenvalue weighted by atomic mass is 19.4. The van der Waals surface area contributed by atoms with Gasteiger partial charge in [-0.3, -0.25) is 24.1 Å². The van der Waals surface area contributed by atoms with Crippen molar-refractivity contribution in [2.75, 3.05) is 316 Å². The maximum absolute atomic E-state index is 13.0. The first-order valence-electron chi connectivity index (χ1n) is 47.9. The Morgan fingerprint density at radius 2 is 0.890 bits per heavy atom. The van der Waals surface area contributed by atoms with Gasteiger partial charge in [-0.1, -0.05) is 27.7 Å². The molecule has 2 amide bonds. The number of halogens is 8. The molecule has 2 saturated carbocycles. The van der Waals surface area contributed by atoms with Gasteiger partial charge in [0.2, 0.25) is 11.8 Å². The average molecular weight is 1980 g/mol. The van der Waals surface area contributed by atoms with E-state index < -0.39 is 89.8 Å². The van der Waals surface area contributed by atoms with Crippen molar-refractivity contribution in [1.29, 1.82) is 0 Å². The van der Waals surface area contributed by atoms with Crippen molar-refractivity contribution in [3.05, 3.63) is 0 Å². The Morgan fingerprint density at radius 1 is 0.434 bits per heavy atom. The second kappa shape index (κ2) is 56.6. The predicted octanol–water partition coefficient (Wildman–Crippen LogP) is -2.25. The zero-order chi connectivity index (χ0) is 104. The number of likely N-dealkylation sites (tertiary alicyclic amines) is 15. The summed E-state index contributed by atoms with van der Waals surface area (Å²) in [4.78, 5) is 71.5. The highest BCUT2D eigenvalue weighted by Gasteiger charge is 2.61. The summed E-state index contributed by atoms with van der Waals surface area (Å²) in [6.45, 7) is 27.9. The van der Waals surface area contributed by atoms with Gasteiger partial charge in [0.25, 0.3) is 5.92 Å². The molecule has 17 aliphatic rings. The zero-order valence-corrected chi connectivity index (χ0v) is 85.4. The van der Waals surface area contributed by atoms with Gasteiger partial charge in [-0.15, -0.1) is 0 Å². The molecular formula is C92H179F8N15O21. The molecule has 36 nitrogen and oxygen atoms in total. The van der Waals surface area contributed by atoms with Gasteiger partial charge in [0, 0.05) is 202 Å². The standard InChI is InChI=1S/C7H13NO3.C7H11NO2.C7H13NO.2C7H15NO.C6H10F3NO.2C6H12FNO.C6H11NO3.3C6H13NO.C5H9F2NO.C5H10FNO.C5H9NO2/c1-8-3-5(6(9)4-8)7(10)11-2;1-8-4-5(9)7(2-3-7)6(8)10;1-8-4-6(9)7(5-8)2-3-7;1-7(6-9)3-4-8(2)5-7;1-3-7(9)4-5-8(2)6-7;1-10-3-2-5(11,4-10)6(7,8)9;1-6(7)4-8(2)3-5(6)9;1-8-3-2-6(7,4-8)5-9;1-7-2-4(6(9)10)5(8)3-7;2*1-5-3-7(2)4-6(5)8;1-7-3-2-6(4-7)5-8;1-8-2-4(9)5(6,7)3-8;1-7-2-4(6)5(8)3-7;1-6-3-4(7)2-5(6)8/h5-6,9H,3-4H2,1-2H3;5,9H,2-4H2,1H3;6,9H,2-5H2,1H3;2*9H,3-6H2,1-2H3;11H,2-4H2,1H3;5,9H,3-4H2,1-2H3;9H,2-5H2,1H3;4-5,8H,2-3H2,1H3,(H,9,10);2*5-6,8H,3-4H2,1-2H3;6,8H,2-5H2,1H3;4,9H,2-3H2,1H3;4-5,8H,2-3H2,1H3;4,7H,2-3H2,1H3/t;5-;;;;;5-,6-;;;5-,6+;;;;4-,5+;4-/m.0....0..1...11/s1. The summed E-state index contributed by atoms with van der Waals surface area (Å²) in [5, 5.41) is 144. The van der Waals surface area contributed by atoms with Crippen LogP contribution >= 0.6 is 0 Å². The van der Waals surface area contributed by atoms with E-state index in [-0.39, 0.29) is 91.1 Å². The van der Waals surface area contributed by atoms with Crippen LogP contribution in [0.5, 0.6) is 0 Å². The number of β-amino-alcohol motifs (C(OH)–C–C–N with tert-alkyl or cyclic N) is 12. The van der Waals surface area contributed by atoms with E-state index in [1.54, 1.807) is 64.0 Å². The van der Waals surface area contributed by atoms with E-state index in [1.807, 2.05) is 56.9 Å². The molecular weight excluding hydrogens is 1800 g/mol. The molecule has 804 valence electrons. The lowest BCUT2D eigenvalue weighted by Gasteiger charge is -2.25. The first kappa shape index (κ1) is 126. The second-order valence-electron chi connectivity index (χ2n) is 43.0. The molecule has 21 atom stereocenters. The number of methoxy groups -OCH3 is 1. The van der Waals surface area contributed by atoms with Crippen LogP contribution < -0.4 is 0 Å². The Bertz CT molecular complexity index is 3250. The van der Waals surface area contributed by atoms with Gasteiger partial charge in [0.15, 0.2) is 5.60 Å². The van der Waals surface area contributed by atoms with Gasteiger partial charge < -0.3 is 155 Å². The Morgan fingerprint density at radius 3 is 1.07 bits per heavy atom. The molecule has 0 radical (unpaired) electrons. The van der Waals surface area contributed by atoms with Crippen LogP contribution in [0.25, 0.3) is 0 Å². The number of carboxylic acids is 1. The van der Waals surface area contributed by atoms with Gasteiger partial charge in [-0.25, -0.2) is 22.0 Å². The molecule has 0 aromatic rings. The number of aliphatic hydroxyl groups excluding tert-OH is 13. The Hall–Kier alpha value is -3.80. The summed E-state index contributed by atoms with van der Waals surface area (Å²) in [5.41, 5.74) is -5.32. The number of carboxylic acid groups (broad SMARTS) is 1. The minimum atomic E-state index is -4.49. The number of amides is 2. The third kappa shape index (κ3) is 42.5. The van der Waals surface area contributed by atoms with Crippen LogP contribution in [-0.2, 0) is 23.9 Å². The molecule has 44 heteroatoms. The summed E-state index contributed by atoms with van der Waals surface area (Å²) >= 11 is 0. The quantitative estimate of drug-likeness (QED) is 0.0986. The molecule has 13 unspecified atom stereocenters. The Kier molecular flexibility index (Phi) is 52.6. The lowest BCUT2D eigenvalue weighted by atomic mass is 9.91. The smallest absolute Gasteiger partial charge is 0.418 e. The number of rotatable bonds is 6. The fourth-order valence-corrected chi connectivity index (χ4v) is 18.7. The molecule has 136 heavy (non-hydrogen) atoms. The SMILES string of the molecule is CC1CN(C)CC1O.CCC1(O)CCN(C)C1.CN1CC(O)C(C(=O)O)C1.CN1CC(O)C(F)(F)C1.CN1CC(O)C2(CC2)C1.CN1CCC(C)(CO)C1.CN1CCC(CO)C1.CN1CCC(F)(CO)C1.CN1CCC(O)(C(F)(F)F)C1.CN1C[C@@H](F)[C@@H](O)C1.CN1C[C@H](O)C2(CC2)C1=O.CN1C[C@H](O)CC1=O.CN1C[C@H](O)[C@@](C)(F)C1.COC(=O)C1CN(C)CC1O.C[C@@H]1CN(C)C[C@@H]1O. The number of alkyl halides is 8. The molecule has 16 N–H and O–H groups in total. The minimum absolute atomic E-state index is 0.0255. The van der Waals surface area contributed by atoms with Gasteiger partial charge in [-0.05, 0) is 194 Å². The number of esters is 1. The number of carbonyl (C=O) groups excluding carboxylic acids is 3. The molecule has 15 saturated heterocycles. The third-order valence-electron chi connectivity index (χ3n) is 28.3. The van der Waals surface area contributed by atoms with Crippen molar-refractivity contribution >= 4 is 23.8 Å². The molecule has 2 spiro atoms. The summed E-state index contributed by atoms with van der Waals surface area (Å²) in [6.07, 6.45) is -1.84. The molecule has 17 rings (SSSR count). The van der Waals surface area contributed by atoms with Gasteiger partial charge in [-0.2, -0.15) is 13.2 Å². The van der Waals surface area contributed by atoms with E-state index in [0.29, 0.717) is 128 Å². The number of hydrogen-bond donors (Lipinski definition) is 16. The van der Waals surface area contributed by atoms with Crippen molar-refractivity contribution in [1.82, 2.24) is 73.5 Å². The molecule has 0 aromatic carbocycles. The number of aliphatic carboxylic acids is 1. The van der Waals surface area contributed by atoms with Crippen molar-refractivity contribution in [3.8, 4) is 0 Å². The summed E-state index contributed by atoms with van der Waals surface area (Å²) in [7, 11) is 29.4. The fourth-order valence-electron chi connectivity index (χ4n) is 18.7. The van der Waals surface area contributed by atoms with E-state index in [4.69, 9.17) is 61.3 Å². The normalized spacial score (nSPS) is 36.9. The lowest BCUT2D eigenvalue weighted by molar-refractivity contribution is -0.253. The zero-order valence-electron chi connectivity index (χ0n) is 85.4. The third-order valence-corrected chi connectivity index (χ3v) is 28.3. The fraction of sp³-hybridized carbons (Fsp3) is 0.957. The van der Waals surface area contributed by atoms with E-state index >= 15 is 0 Å². The van der Waals surface area contributed by atoms with Crippen LogP contribution in [0.3, 0.4) is 0 Å². The van der Waals surface area contributed by atoms with E-state index in [2.05, 4.69) is 76.1 Å². The first-order chi connectivity index (χ1) is 62.6. The van der Waals surface area contributed by atoms with Gasteiger partial charge in [0.05, 0.1) is 98.4 Å². The highest BCUT2D eigenvalue weighted by molar-refractivity contribution is 5.88. The van der Waals surface area contributed by atoms with Crippen LogP contribution in [0.1, 0.15) is 105 Å². The summed E-state index contributed by atoms with van der Waals surface area (Å²) < 4.78 is 103.